The Morgan fingerprint density at radius 2 is 2.25 bits per heavy atom. The normalized spacial score (nSPS) is 24.0. The van der Waals surface area contributed by atoms with Crippen LogP contribution in [0.25, 0.3) is 0 Å². The number of allylic oxidation sites excluding steroid dienone is 1. The van der Waals surface area contributed by atoms with Crippen LogP contribution in [0.4, 0.5) is 5.69 Å². The number of hydrogen-bond donors (Lipinski definition) is 2. The molecule has 5 heteroatoms. The highest BCUT2D eigenvalue weighted by atomic mass is 16.5. The lowest BCUT2D eigenvalue weighted by Crippen LogP contribution is -2.48. The van der Waals surface area contributed by atoms with Gasteiger partial charge < -0.3 is 15.2 Å². The lowest BCUT2D eigenvalue weighted by Gasteiger charge is -2.35. The molecule has 0 saturated heterocycles. The van der Waals surface area contributed by atoms with Crippen LogP contribution in [-0.2, 0) is 11.2 Å². The summed E-state index contributed by atoms with van der Waals surface area (Å²) in [6.45, 7) is 2.15. The fourth-order valence-corrected chi connectivity index (χ4v) is 4.67. The van der Waals surface area contributed by atoms with Gasteiger partial charge in [0.05, 0.1) is 30.2 Å². The van der Waals surface area contributed by atoms with Gasteiger partial charge in [-0.3, -0.25) is 9.79 Å². The number of benzene rings is 1. The van der Waals surface area contributed by atoms with Gasteiger partial charge in [0.1, 0.15) is 5.75 Å². The highest BCUT2D eigenvalue weighted by molar-refractivity contribution is 6.02. The van der Waals surface area contributed by atoms with Gasteiger partial charge in [-0.05, 0) is 48.6 Å². The first-order valence-corrected chi connectivity index (χ1v) is 10.2. The molecule has 1 aromatic rings. The molecule has 148 valence electrons. The number of methoxy groups -OCH3 is 1. The van der Waals surface area contributed by atoms with Gasteiger partial charge >= 0.3 is 0 Å². The van der Waals surface area contributed by atoms with Gasteiger partial charge in [0.2, 0.25) is 0 Å². The van der Waals surface area contributed by atoms with Gasteiger partial charge in [-0.25, -0.2) is 0 Å². The monoisotopic (exact) mass is 380 g/mol. The molecular formula is C23H28N2O3. The second kappa shape index (κ2) is 7.55. The van der Waals surface area contributed by atoms with Crippen LogP contribution in [0.5, 0.6) is 5.75 Å². The first kappa shape index (κ1) is 18.9. The Kier molecular flexibility index (Phi) is 5.11. The van der Waals surface area contributed by atoms with Crippen LogP contribution < -0.4 is 10.1 Å². The van der Waals surface area contributed by atoms with Crippen molar-refractivity contribution in [3.8, 4) is 5.75 Å². The van der Waals surface area contributed by atoms with E-state index in [9.17, 15) is 9.90 Å². The van der Waals surface area contributed by atoms with Crippen molar-refractivity contribution in [1.29, 1.82) is 0 Å². The molecule has 5 nitrogen and oxygen atoms in total. The van der Waals surface area contributed by atoms with E-state index in [1.165, 1.54) is 5.57 Å². The molecule has 1 aliphatic carbocycles. The maximum absolute atomic E-state index is 12.6. The molecule has 2 unspecified atom stereocenters. The molecule has 0 radical (unpaired) electrons. The predicted octanol–water partition coefficient (Wildman–Crippen LogP) is 3.78. The van der Waals surface area contributed by atoms with Crippen molar-refractivity contribution in [3.63, 3.8) is 0 Å². The van der Waals surface area contributed by atoms with E-state index in [2.05, 4.69) is 23.3 Å². The minimum Gasteiger partial charge on any atom is -0.497 e. The number of aliphatic hydroxyl groups is 1. The largest absolute Gasteiger partial charge is 0.497 e. The van der Waals surface area contributed by atoms with Gasteiger partial charge in [-0.15, -0.1) is 0 Å². The number of fused-ring (bicyclic) bond motifs is 1. The number of rotatable bonds is 7. The third-order valence-electron chi connectivity index (χ3n) is 6.15. The van der Waals surface area contributed by atoms with E-state index >= 15 is 0 Å². The topological polar surface area (TPSA) is 70.9 Å². The molecule has 1 amide bonds. The third kappa shape index (κ3) is 3.28. The number of carbonyl (C=O) groups excluding carboxylic acids is 1. The van der Waals surface area contributed by atoms with Crippen LogP contribution in [0, 0.1) is 0 Å². The molecule has 2 N–H and O–H groups in total. The number of nitrogens with zero attached hydrogens (tertiary/aromatic N) is 1. The van der Waals surface area contributed by atoms with Crippen molar-refractivity contribution in [2.24, 2.45) is 4.99 Å². The second-order valence-electron chi connectivity index (χ2n) is 7.97. The van der Waals surface area contributed by atoms with Crippen molar-refractivity contribution < 1.29 is 14.6 Å². The van der Waals surface area contributed by atoms with E-state index in [0.717, 1.165) is 60.4 Å². The minimum atomic E-state index is -0.687. The Labute approximate surface area is 166 Å². The van der Waals surface area contributed by atoms with Crippen LogP contribution in [0.3, 0.4) is 0 Å². The number of aliphatic imine (C=N–C) groups is 1. The highest BCUT2D eigenvalue weighted by Crippen LogP contribution is 2.41. The zero-order valence-electron chi connectivity index (χ0n) is 16.6. The predicted molar refractivity (Wildman–Crippen MR) is 110 cm³/mol. The molecule has 1 aromatic carbocycles. The Balaban J connectivity index is 1.58. The standard InChI is InChI=1S/C23H28N2O3/c1-3-4-11-23(18-8-6-5-7-17(18)22(27)25-23)14-21(26)20-13-15-12-16(28-2)9-10-19(15)24-20/h5,7,9-10,12,21,26H,3-4,6,8,11,13-14H2,1-2H3,(H,25,27). The summed E-state index contributed by atoms with van der Waals surface area (Å²) in [6, 6.07) is 5.81. The number of amides is 1. The summed E-state index contributed by atoms with van der Waals surface area (Å²) in [5.41, 5.74) is 4.26. The molecule has 2 atom stereocenters. The molecule has 0 bridgehead atoms. The third-order valence-corrected chi connectivity index (χ3v) is 6.15. The molecule has 2 aliphatic heterocycles. The first-order valence-electron chi connectivity index (χ1n) is 10.2. The quantitative estimate of drug-likeness (QED) is 0.756. The summed E-state index contributed by atoms with van der Waals surface area (Å²) in [4.78, 5) is 17.3. The van der Waals surface area contributed by atoms with Crippen molar-refractivity contribution in [2.45, 2.75) is 63.5 Å². The van der Waals surface area contributed by atoms with E-state index in [1.807, 2.05) is 24.3 Å². The fourth-order valence-electron chi connectivity index (χ4n) is 4.67. The molecule has 0 saturated carbocycles. The lowest BCUT2D eigenvalue weighted by atomic mass is 9.76. The summed E-state index contributed by atoms with van der Waals surface area (Å²) >= 11 is 0. The van der Waals surface area contributed by atoms with Crippen LogP contribution in [0.2, 0.25) is 0 Å². The minimum absolute atomic E-state index is 0.00404. The number of nitrogens with one attached hydrogen (secondary N) is 1. The van der Waals surface area contributed by atoms with Gasteiger partial charge in [0.15, 0.2) is 0 Å². The summed E-state index contributed by atoms with van der Waals surface area (Å²) in [7, 11) is 1.65. The van der Waals surface area contributed by atoms with Crippen molar-refractivity contribution in [1.82, 2.24) is 5.32 Å². The molecular weight excluding hydrogens is 352 g/mol. The van der Waals surface area contributed by atoms with Crippen molar-refractivity contribution in [2.75, 3.05) is 7.11 Å². The Bertz CT molecular complexity index is 884. The molecule has 0 fully saturated rings. The molecule has 0 aromatic heterocycles. The summed E-state index contributed by atoms with van der Waals surface area (Å²) < 4.78 is 5.30. The van der Waals surface area contributed by atoms with Crippen LogP contribution in [0.15, 0.2) is 46.5 Å². The molecule has 28 heavy (non-hydrogen) atoms. The first-order chi connectivity index (χ1) is 13.6. The van der Waals surface area contributed by atoms with E-state index in [4.69, 9.17) is 4.74 Å². The van der Waals surface area contributed by atoms with Crippen LogP contribution >= 0.6 is 0 Å². The van der Waals surface area contributed by atoms with Gasteiger partial charge in [-0.1, -0.05) is 31.9 Å². The number of unbranched alkanes of at least 4 members (excludes halogenated alkanes) is 1. The average molecular weight is 380 g/mol. The Morgan fingerprint density at radius 1 is 1.39 bits per heavy atom. The lowest BCUT2D eigenvalue weighted by molar-refractivity contribution is -0.117. The van der Waals surface area contributed by atoms with E-state index in [1.54, 1.807) is 7.11 Å². The molecule has 3 aliphatic rings. The molecule has 2 heterocycles. The van der Waals surface area contributed by atoms with E-state index in [0.29, 0.717) is 12.8 Å². The summed E-state index contributed by atoms with van der Waals surface area (Å²) in [5, 5.41) is 14.3. The van der Waals surface area contributed by atoms with Gasteiger partial charge in [0, 0.05) is 18.4 Å². The van der Waals surface area contributed by atoms with Crippen LogP contribution in [-0.4, -0.2) is 35.5 Å². The maximum Gasteiger partial charge on any atom is 0.251 e. The molecule has 0 spiro atoms. The highest BCUT2D eigenvalue weighted by Gasteiger charge is 2.45. The Morgan fingerprint density at radius 3 is 3.04 bits per heavy atom. The van der Waals surface area contributed by atoms with Gasteiger partial charge in [-0.2, -0.15) is 0 Å². The summed E-state index contributed by atoms with van der Waals surface area (Å²) in [5.74, 6) is 0.798. The van der Waals surface area contributed by atoms with Crippen molar-refractivity contribution >= 4 is 17.3 Å². The number of ether oxygens (including phenoxy) is 1. The smallest absolute Gasteiger partial charge is 0.251 e. The number of aliphatic hydroxyl groups excluding tert-OH is 1. The average Bonchev–Trinajstić information content (AvgIpc) is 3.26. The second-order valence-corrected chi connectivity index (χ2v) is 7.97. The fraction of sp³-hybridized carbons (Fsp3) is 0.478. The Hall–Kier alpha value is -2.40. The summed E-state index contributed by atoms with van der Waals surface area (Å²) in [6.07, 6.45) is 9.18. The van der Waals surface area contributed by atoms with Crippen molar-refractivity contribution in [3.05, 3.63) is 47.1 Å². The number of hydrogen-bond acceptors (Lipinski definition) is 4. The maximum atomic E-state index is 12.6. The molecule has 4 rings (SSSR count). The zero-order chi connectivity index (χ0) is 19.7. The van der Waals surface area contributed by atoms with E-state index in [-0.39, 0.29) is 5.91 Å². The van der Waals surface area contributed by atoms with E-state index < -0.39 is 11.6 Å². The van der Waals surface area contributed by atoms with Gasteiger partial charge in [0.25, 0.3) is 5.91 Å². The zero-order valence-corrected chi connectivity index (χ0v) is 16.6. The number of carbonyl (C=O) groups is 1. The SMILES string of the molecule is CCCCC1(CC(O)C2=Nc3ccc(OC)cc3C2)NC(=O)C2=C1CCC=C2. The van der Waals surface area contributed by atoms with Crippen LogP contribution in [0.1, 0.15) is 51.0 Å².